The molecule has 2 heterocycles. The van der Waals surface area contributed by atoms with E-state index < -0.39 is 5.41 Å². The Balaban J connectivity index is 0.000000139. The minimum Gasteiger partial charge on any atom is -0.208 e. The van der Waals surface area contributed by atoms with Gasteiger partial charge in [0, 0.05) is 33.4 Å². The maximum Gasteiger partial charge on any atom is 0.164 e. The average Bonchev–Trinajstić information content (AvgIpc) is 1.77. The minimum absolute atomic E-state index is 0.379. The van der Waals surface area contributed by atoms with Crippen molar-refractivity contribution in [3.63, 3.8) is 0 Å². The monoisotopic (exact) mass is 1450 g/mol. The summed E-state index contributed by atoms with van der Waals surface area (Å²) < 4.78 is 0. The van der Waals surface area contributed by atoms with E-state index in [1.165, 1.54) is 89.0 Å². The lowest BCUT2D eigenvalue weighted by atomic mass is 9.67. The van der Waals surface area contributed by atoms with Crippen LogP contribution in [0.3, 0.4) is 0 Å². The van der Waals surface area contributed by atoms with Gasteiger partial charge in [-0.2, -0.15) is 0 Å². The molecule has 0 fully saturated rings. The smallest absolute Gasteiger partial charge is 0.164 e. The van der Waals surface area contributed by atoms with Gasteiger partial charge in [-0.15, -0.1) is 0 Å². The summed E-state index contributed by atoms with van der Waals surface area (Å²) in [4.78, 5) is 31.1. The number of nitrogens with zero attached hydrogens (tertiary/aromatic N) is 6. The standard InChI is InChI=1S/C54H33N3.C54H35N3/c1-3-18-38-34(14-1)16-11-24-43(38)52-55-51(56-53(57-52)44-25-12-17-35-15-2-4-19-39(35)44)37-32-30-36(31-33-37)40-23-13-29-49-50(40)45-22-7-10-28-48(45)54(49)46-26-8-5-20-41(46)42-21-6-9-27-47(42)54;1-3-20-40(21-4-1)54(41-22-5-2-6-23-41)48-30-12-11-26-47(48)50-44(27-15-31-49(50)54)38-32-34-39(35-33-38)51-55-52(45-28-13-18-36-16-7-9-24-42(36)45)57-53(56-51)46-29-14-19-37-17-8-10-25-43(37)46/h1-33H;1-35H. The Morgan fingerprint density at radius 2 is 0.368 bits per heavy atom. The Morgan fingerprint density at radius 3 is 0.728 bits per heavy atom. The molecule has 1 spiro atoms. The minimum atomic E-state index is -0.453. The Labute approximate surface area is 660 Å². The highest BCUT2D eigenvalue weighted by Gasteiger charge is 2.52. The summed E-state index contributed by atoms with van der Waals surface area (Å²) in [5.41, 5.74) is 27.9. The Kier molecular flexibility index (Phi) is 15.6. The lowest BCUT2D eigenvalue weighted by molar-refractivity contribution is 0.768. The van der Waals surface area contributed by atoms with Crippen LogP contribution in [0.25, 0.3) is 167 Å². The van der Waals surface area contributed by atoms with Gasteiger partial charge in [0.05, 0.1) is 10.8 Å². The number of hydrogen-bond donors (Lipinski definition) is 0. The highest BCUT2D eigenvalue weighted by molar-refractivity contribution is 6.03. The molecule has 0 N–H and O–H groups in total. The molecule has 0 saturated carbocycles. The summed E-state index contributed by atoms with van der Waals surface area (Å²) in [6, 6.07) is 148. The number of hydrogen-bond acceptors (Lipinski definition) is 6. The second-order valence-electron chi connectivity index (χ2n) is 29.7. The summed E-state index contributed by atoms with van der Waals surface area (Å²) in [5, 5.41) is 9.03. The molecule has 0 radical (unpaired) electrons. The summed E-state index contributed by atoms with van der Waals surface area (Å²) in [7, 11) is 0. The van der Waals surface area contributed by atoms with Gasteiger partial charge in [0.25, 0.3) is 0 Å². The van der Waals surface area contributed by atoms with Crippen molar-refractivity contribution in [3.05, 3.63) is 457 Å². The van der Waals surface area contributed by atoms with E-state index in [4.69, 9.17) is 29.9 Å². The fourth-order valence-corrected chi connectivity index (χ4v) is 18.9. The molecule has 0 amide bonds. The van der Waals surface area contributed by atoms with Crippen molar-refractivity contribution in [2.45, 2.75) is 10.8 Å². The number of aromatic nitrogens is 6. The normalized spacial score (nSPS) is 12.9. The largest absolute Gasteiger partial charge is 0.208 e. The Hall–Kier alpha value is -15.0. The highest BCUT2D eigenvalue weighted by Crippen LogP contribution is 2.64. The molecule has 2 aromatic heterocycles. The Morgan fingerprint density at radius 1 is 0.140 bits per heavy atom. The third kappa shape index (κ3) is 10.4. The third-order valence-electron chi connectivity index (χ3n) is 23.8. The third-order valence-corrected chi connectivity index (χ3v) is 23.8. The van der Waals surface area contributed by atoms with Gasteiger partial charge in [-0.05, 0) is 143 Å². The van der Waals surface area contributed by atoms with Crippen LogP contribution in [0, 0.1) is 0 Å². The average molecular weight is 1450 g/mol. The number of benzene rings is 18. The second kappa shape index (κ2) is 27.0. The van der Waals surface area contributed by atoms with E-state index in [1.54, 1.807) is 0 Å². The van der Waals surface area contributed by atoms with Crippen LogP contribution in [0.4, 0.5) is 0 Å². The van der Waals surface area contributed by atoms with E-state index in [1.807, 2.05) is 0 Å². The number of fused-ring (bicyclic) bond motifs is 17. The van der Waals surface area contributed by atoms with Crippen LogP contribution in [0.2, 0.25) is 0 Å². The van der Waals surface area contributed by atoms with Crippen LogP contribution < -0.4 is 0 Å². The molecule has 20 aromatic rings. The lowest BCUT2D eigenvalue weighted by Crippen LogP contribution is -2.28. The van der Waals surface area contributed by atoms with Crippen molar-refractivity contribution in [2.75, 3.05) is 0 Å². The van der Waals surface area contributed by atoms with Gasteiger partial charge in [-0.3, -0.25) is 0 Å². The quantitative estimate of drug-likeness (QED) is 0.136. The first kappa shape index (κ1) is 66.0. The number of rotatable bonds is 10. The fraction of sp³-hybridized carbons (Fsp3) is 0.0185. The lowest BCUT2D eigenvalue weighted by Gasteiger charge is -2.34. The van der Waals surface area contributed by atoms with Gasteiger partial charge >= 0.3 is 0 Å². The molecule has 18 aromatic carbocycles. The van der Waals surface area contributed by atoms with Gasteiger partial charge < -0.3 is 0 Å². The van der Waals surface area contributed by atoms with E-state index in [9.17, 15) is 0 Å². The summed E-state index contributed by atoms with van der Waals surface area (Å²) in [6.45, 7) is 0. The van der Waals surface area contributed by atoms with Gasteiger partial charge in [-0.1, -0.05) is 413 Å². The molecule has 530 valence electrons. The molecule has 6 heteroatoms. The maximum atomic E-state index is 5.19. The van der Waals surface area contributed by atoms with Crippen LogP contribution in [0.1, 0.15) is 44.5 Å². The van der Waals surface area contributed by atoms with Crippen molar-refractivity contribution in [1.29, 1.82) is 0 Å². The summed E-state index contributed by atoms with van der Waals surface area (Å²) >= 11 is 0. The maximum absolute atomic E-state index is 5.19. The zero-order valence-electron chi connectivity index (χ0n) is 61.9. The molecule has 23 rings (SSSR count). The van der Waals surface area contributed by atoms with Crippen LogP contribution in [-0.2, 0) is 10.8 Å². The fourth-order valence-electron chi connectivity index (χ4n) is 18.9. The molecular formula is C108H68N6. The molecule has 0 bridgehead atoms. The molecule has 0 aliphatic heterocycles. The molecule has 114 heavy (non-hydrogen) atoms. The topological polar surface area (TPSA) is 77.3 Å². The molecule has 3 aliphatic rings. The van der Waals surface area contributed by atoms with E-state index in [2.05, 4.69) is 413 Å². The van der Waals surface area contributed by atoms with Crippen LogP contribution in [0.15, 0.2) is 413 Å². The first-order valence-corrected chi connectivity index (χ1v) is 39.0. The predicted octanol–water partition coefficient (Wildman–Crippen LogP) is 26.4. The molecular weight excluding hydrogens is 1380 g/mol. The van der Waals surface area contributed by atoms with Crippen molar-refractivity contribution >= 4 is 43.1 Å². The van der Waals surface area contributed by atoms with E-state index >= 15 is 0 Å². The summed E-state index contributed by atoms with van der Waals surface area (Å²) in [6.07, 6.45) is 0. The van der Waals surface area contributed by atoms with Crippen molar-refractivity contribution in [2.24, 2.45) is 0 Å². The molecule has 3 aliphatic carbocycles. The van der Waals surface area contributed by atoms with Gasteiger partial charge in [0.15, 0.2) is 34.9 Å². The zero-order chi connectivity index (χ0) is 75.3. The van der Waals surface area contributed by atoms with Gasteiger partial charge in [0.1, 0.15) is 0 Å². The Bertz CT molecular complexity index is 6590. The molecule has 0 saturated heterocycles. The van der Waals surface area contributed by atoms with Gasteiger partial charge in [-0.25, -0.2) is 29.9 Å². The van der Waals surface area contributed by atoms with Gasteiger partial charge in [0.2, 0.25) is 0 Å². The molecule has 0 unspecified atom stereocenters. The zero-order valence-corrected chi connectivity index (χ0v) is 61.9. The van der Waals surface area contributed by atoms with Crippen LogP contribution in [-0.4, -0.2) is 29.9 Å². The van der Waals surface area contributed by atoms with E-state index in [0.717, 1.165) is 87.6 Å². The molecule has 6 nitrogen and oxygen atoms in total. The molecule has 0 atom stereocenters. The first-order chi connectivity index (χ1) is 56.5. The van der Waals surface area contributed by atoms with E-state index in [-0.39, 0.29) is 5.41 Å². The van der Waals surface area contributed by atoms with Crippen LogP contribution in [0.5, 0.6) is 0 Å². The van der Waals surface area contributed by atoms with Crippen molar-refractivity contribution in [1.82, 2.24) is 29.9 Å². The SMILES string of the molecule is c1ccc(C2(c3ccccc3)c3ccccc3-c3c(-c4ccc(-c5nc(-c6cccc7ccccc67)nc(-c6cccc7ccccc67)n5)cc4)cccc32)cc1.c1ccc2c(c1)-c1ccccc1C21c2ccccc2-c2c(-c3ccc(-c4nc(-c5cccc6ccccc56)nc(-c5cccc6ccccc56)n4)cc3)cccc21. The van der Waals surface area contributed by atoms with E-state index in [0.29, 0.717) is 34.9 Å². The predicted molar refractivity (Wildman–Crippen MR) is 467 cm³/mol. The summed E-state index contributed by atoms with van der Waals surface area (Å²) in [5.74, 6) is 3.90. The second-order valence-corrected chi connectivity index (χ2v) is 29.7. The highest BCUT2D eigenvalue weighted by atomic mass is 15.0. The van der Waals surface area contributed by atoms with Crippen LogP contribution >= 0.6 is 0 Å². The van der Waals surface area contributed by atoms with Crippen molar-refractivity contribution < 1.29 is 0 Å². The van der Waals surface area contributed by atoms with Crippen molar-refractivity contribution in [3.8, 4) is 124 Å². The first-order valence-electron chi connectivity index (χ1n) is 39.0.